The van der Waals surface area contributed by atoms with Gasteiger partial charge in [-0.2, -0.15) is 0 Å². The van der Waals surface area contributed by atoms with Crippen LogP contribution in [-0.4, -0.2) is 15.0 Å². The van der Waals surface area contributed by atoms with E-state index in [1.807, 2.05) is 24.3 Å². The van der Waals surface area contributed by atoms with Crippen LogP contribution in [0.15, 0.2) is 67.1 Å². The van der Waals surface area contributed by atoms with Crippen LogP contribution in [0.5, 0.6) is 0 Å². The Hall–Kier alpha value is -2.59. The van der Waals surface area contributed by atoms with Gasteiger partial charge in [0.1, 0.15) is 6.33 Å². The van der Waals surface area contributed by atoms with Gasteiger partial charge >= 0.3 is 0 Å². The van der Waals surface area contributed by atoms with Gasteiger partial charge in [0.2, 0.25) is 0 Å². The maximum absolute atomic E-state index is 4.73. The van der Waals surface area contributed by atoms with Crippen molar-refractivity contribution in [3.8, 4) is 21.1 Å². The van der Waals surface area contributed by atoms with Crippen molar-refractivity contribution in [2.24, 2.45) is 0 Å². The van der Waals surface area contributed by atoms with E-state index >= 15 is 0 Å². The minimum Gasteiger partial charge on any atom is -0.247 e. The first kappa shape index (κ1) is 12.2. The van der Waals surface area contributed by atoms with Gasteiger partial charge in [0.05, 0.1) is 26.7 Å². The SMILES string of the molecule is c1ccc2nc(-c3ccc(-c4ccncn4)s3)ccc2c1. The number of benzene rings is 1. The van der Waals surface area contributed by atoms with Crippen molar-refractivity contribution in [1.29, 1.82) is 0 Å². The number of aromatic nitrogens is 3. The summed E-state index contributed by atoms with van der Waals surface area (Å²) in [5, 5.41) is 1.16. The first-order valence-electron chi connectivity index (χ1n) is 6.62. The summed E-state index contributed by atoms with van der Waals surface area (Å²) in [6.07, 6.45) is 3.33. The van der Waals surface area contributed by atoms with E-state index in [0.29, 0.717) is 0 Å². The number of nitrogens with zero attached hydrogens (tertiary/aromatic N) is 3. The van der Waals surface area contributed by atoms with E-state index in [-0.39, 0.29) is 0 Å². The number of rotatable bonds is 2. The maximum atomic E-state index is 4.73. The van der Waals surface area contributed by atoms with Gasteiger partial charge in [-0.15, -0.1) is 11.3 Å². The van der Waals surface area contributed by atoms with Crippen molar-refractivity contribution in [3.05, 3.63) is 67.1 Å². The van der Waals surface area contributed by atoms with E-state index in [9.17, 15) is 0 Å². The van der Waals surface area contributed by atoms with Gasteiger partial charge in [0, 0.05) is 11.6 Å². The van der Waals surface area contributed by atoms with Crippen LogP contribution < -0.4 is 0 Å². The molecule has 4 rings (SSSR count). The second-order valence-electron chi connectivity index (χ2n) is 4.65. The van der Waals surface area contributed by atoms with Gasteiger partial charge in [0.15, 0.2) is 0 Å². The molecule has 0 unspecified atom stereocenters. The fourth-order valence-corrected chi connectivity index (χ4v) is 3.21. The normalized spacial score (nSPS) is 10.9. The highest BCUT2D eigenvalue weighted by atomic mass is 32.1. The lowest BCUT2D eigenvalue weighted by molar-refractivity contribution is 1.18. The molecule has 3 nitrogen and oxygen atoms in total. The molecule has 21 heavy (non-hydrogen) atoms. The molecule has 0 saturated carbocycles. The zero-order valence-electron chi connectivity index (χ0n) is 11.1. The molecule has 4 aromatic rings. The van der Waals surface area contributed by atoms with E-state index in [4.69, 9.17) is 4.98 Å². The van der Waals surface area contributed by atoms with E-state index in [2.05, 4.69) is 40.3 Å². The number of pyridine rings is 1. The molecule has 1 aromatic carbocycles. The molecule has 4 heteroatoms. The fourth-order valence-electron chi connectivity index (χ4n) is 2.25. The second kappa shape index (κ2) is 5.07. The Morgan fingerprint density at radius 1 is 0.762 bits per heavy atom. The highest BCUT2D eigenvalue weighted by Gasteiger charge is 2.07. The Balaban J connectivity index is 1.77. The summed E-state index contributed by atoms with van der Waals surface area (Å²) < 4.78 is 0. The Kier molecular flexibility index (Phi) is 2.94. The average molecular weight is 289 g/mol. The molecule has 0 atom stereocenters. The van der Waals surface area contributed by atoms with Crippen molar-refractivity contribution in [3.63, 3.8) is 0 Å². The fraction of sp³-hybridized carbons (Fsp3) is 0. The third kappa shape index (κ3) is 2.30. The number of fused-ring (bicyclic) bond motifs is 1. The summed E-state index contributed by atoms with van der Waals surface area (Å²) in [5.74, 6) is 0. The number of thiophene rings is 1. The van der Waals surface area contributed by atoms with Gasteiger partial charge in [-0.3, -0.25) is 0 Å². The molecule has 0 bridgehead atoms. The van der Waals surface area contributed by atoms with Crippen molar-refractivity contribution in [1.82, 2.24) is 15.0 Å². The van der Waals surface area contributed by atoms with Crippen LogP contribution in [0, 0.1) is 0 Å². The first-order chi connectivity index (χ1) is 10.4. The predicted octanol–water partition coefficient (Wildman–Crippen LogP) is 4.42. The van der Waals surface area contributed by atoms with Crippen LogP contribution in [0.1, 0.15) is 0 Å². The monoisotopic (exact) mass is 289 g/mol. The molecule has 3 heterocycles. The average Bonchev–Trinajstić information content (AvgIpc) is 3.05. The van der Waals surface area contributed by atoms with Crippen LogP contribution in [0.25, 0.3) is 32.0 Å². The lowest BCUT2D eigenvalue weighted by Gasteiger charge is -2.00. The highest BCUT2D eigenvalue weighted by molar-refractivity contribution is 7.18. The molecule has 0 saturated heterocycles. The number of hydrogen-bond acceptors (Lipinski definition) is 4. The summed E-state index contributed by atoms with van der Waals surface area (Å²) in [6, 6.07) is 18.4. The lowest BCUT2D eigenvalue weighted by atomic mass is 10.2. The third-order valence-electron chi connectivity index (χ3n) is 3.29. The molecule has 0 amide bonds. The summed E-state index contributed by atoms with van der Waals surface area (Å²) in [5.41, 5.74) is 2.97. The molecular formula is C17H11N3S. The Labute approximate surface area is 126 Å². The summed E-state index contributed by atoms with van der Waals surface area (Å²) in [7, 11) is 0. The van der Waals surface area contributed by atoms with E-state index < -0.39 is 0 Å². The molecule has 0 aliphatic rings. The molecular weight excluding hydrogens is 278 g/mol. The lowest BCUT2D eigenvalue weighted by Crippen LogP contribution is -1.82. The van der Waals surface area contributed by atoms with E-state index in [0.717, 1.165) is 32.0 Å². The van der Waals surface area contributed by atoms with E-state index in [1.165, 1.54) is 0 Å². The maximum Gasteiger partial charge on any atom is 0.116 e. The smallest absolute Gasteiger partial charge is 0.116 e. The summed E-state index contributed by atoms with van der Waals surface area (Å²) >= 11 is 1.69. The molecule has 0 spiro atoms. The zero-order valence-corrected chi connectivity index (χ0v) is 11.9. The molecule has 0 N–H and O–H groups in total. The largest absolute Gasteiger partial charge is 0.247 e. The Morgan fingerprint density at radius 2 is 1.62 bits per heavy atom. The van der Waals surface area contributed by atoms with Crippen LogP contribution in [0.2, 0.25) is 0 Å². The van der Waals surface area contributed by atoms with Crippen molar-refractivity contribution < 1.29 is 0 Å². The van der Waals surface area contributed by atoms with Crippen LogP contribution in [-0.2, 0) is 0 Å². The first-order valence-corrected chi connectivity index (χ1v) is 7.44. The van der Waals surface area contributed by atoms with Crippen molar-refractivity contribution in [2.75, 3.05) is 0 Å². The standard InChI is InChI=1S/C17H11N3S/c1-2-4-13-12(3-1)5-6-15(20-13)17-8-7-16(21-17)14-9-10-18-11-19-14/h1-11H. The molecule has 0 fully saturated rings. The van der Waals surface area contributed by atoms with Crippen LogP contribution >= 0.6 is 11.3 Å². The van der Waals surface area contributed by atoms with Crippen molar-refractivity contribution >= 4 is 22.2 Å². The molecule has 0 aliphatic carbocycles. The Bertz CT molecular complexity index is 900. The second-order valence-corrected chi connectivity index (χ2v) is 5.73. The minimum absolute atomic E-state index is 0.946. The minimum atomic E-state index is 0.946. The van der Waals surface area contributed by atoms with Crippen LogP contribution in [0.4, 0.5) is 0 Å². The third-order valence-corrected chi connectivity index (χ3v) is 4.42. The van der Waals surface area contributed by atoms with Gasteiger partial charge in [-0.25, -0.2) is 15.0 Å². The van der Waals surface area contributed by atoms with Crippen molar-refractivity contribution in [2.45, 2.75) is 0 Å². The summed E-state index contributed by atoms with van der Waals surface area (Å²) in [4.78, 5) is 15.2. The van der Waals surface area contributed by atoms with Gasteiger partial charge < -0.3 is 0 Å². The van der Waals surface area contributed by atoms with Gasteiger partial charge in [-0.05, 0) is 30.3 Å². The van der Waals surface area contributed by atoms with Crippen LogP contribution in [0.3, 0.4) is 0 Å². The summed E-state index contributed by atoms with van der Waals surface area (Å²) in [6.45, 7) is 0. The molecule has 3 aromatic heterocycles. The molecule has 0 radical (unpaired) electrons. The van der Waals surface area contributed by atoms with Gasteiger partial charge in [-0.1, -0.05) is 24.3 Å². The number of hydrogen-bond donors (Lipinski definition) is 0. The zero-order chi connectivity index (χ0) is 14.1. The highest BCUT2D eigenvalue weighted by Crippen LogP contribution is 2.33. The molecule has 100 valence electrons. The molecule has 0 aliphatic heterocycles. The van der Waals surface area contributed by atoms with Gasteiger partial charge in [0.25, 0.3) is 0 Å². The quantitative estimate of drug-likeness (QED) is 0.548. The Morgan fingerprint density at radius 3 is 2.48 bits per heavy atom. The number of para-hydroxylation sites is 1. The topological polar surface area (TPSA) is 38.7 Å². The predicted molar refractivity (Wildman–Crippen MR) is 86.1 cm³/mol. The van der Waals surface area contributed by atoms with E-state index in [1.54, 1.807) is 23.9 Å².